The van der Waals surface area contributed by atoms with Crippen molar-refractivity contribution in [3.8, 4) is 5.75 Å². The Labute approximate surface area is 120 Å². The highest BCUT2D eigenvalue weighted by molar-refractivity contribution is 5.74. The highest BCUT2D eigenvalue weighted by atomic mass is 16.5. The molecule has 2 amide bonds. The molecule has 0 heterocycles. The van der Waals surface area contributed by atoms with Crippen LogP contribution in [0.1, 0.15) is 25.3 Å². The van der Waals surface area contributed by atoms with Gasteiger partial charge in [0.2, 0.25) is 0 Å². The van der Waals surface area contributed by atoms with Gasteiger partial charge in [0, 0.05) is 19.2 Å². The van der Waals surface area contributed by atoms with Gasteiger partial charge in [-0.1, -0.05) is 12.1 Å². The highest BCUT2D eigenvalue weighted by Crippen LogP contribution is 2.12. The third-order valence-corrected chi connectivity index (χ3v) is 3.03. The van der Waals surface area contributed by atoms with Crippen LogP contribution in [0.2, 0.25) is 0 Å². The zero-order valence-electron chi connectivity index (χ0n) is 12.2. The average molecular weight is 280 g/mol. The number of carbonyl (C=O) groups excluding carboxylic acids is 1. The Morgan fingerprint density at radius 2 is 2.05 bits per heavy atom. The molecule has 5 heteroatoms. The van der Waals surface area contributed by atoms with Crippen LogP contribution in [-0.2, 0) is 6.42 Å². The van der Waals surface area contributed by atoms with Gasteiger partial charge in [0.25, 0.3) is 0 Å². The van der Waals surface area contributed by atoms with Crippen molar-refractivity contribution in [2.75, 3.05) is 20.3 Å². The van der Waals surface area contributed by atoms with E-state index in [-0.39, 0.29) is 18.7 Å². The summed E-state index contributed by atoms with van der Waals surface area (Å²) in [6.07, 6.45) is 2.36. The quantitative estimate of drug-likeness (QED) is 0.635. The second-order valence-corrected chi connectivity index (χ2v) is 4.77. The molecule has 0 aliphatic carbocycles. The fraction of sp³-hybridized carbons (Fsp3) is 0.533. The molecule has 1 aromatic rings. The van der Waals surface area contributed by atoms with Crippen LogP contribution in [-0.4, -0.2) is 37.4 Å². The molecule has 0 saturated heterocycles. The van der Waals surface area contributed by atoms with Gasteiger partial charge in [0.15, 0.2) is 0 Å². The number of benzene rings is 1. The van der Waals surface area contributed by atoms with E-state index in [1.165, 1.54) is 5.56 Å². The Bertz CT molecular complexity index is 393. The molecule has 0 aromatic heterocycles. The van der Waals surface area contributed by atoms with Crippen LogP contribution in [0.3, 0.4) is 0 Å². The minimum absolute atomic E-state index is 0.0124. The monoisotopic (exact) mass is 280 g/mol. The second kappa shape index (κ2) is 9.20. The molecule has 5 nitrogen and oxygen atoms in total. The van der Waals surface area contributed by atoms with Crippen molar-refractivity contribution in [2.45, 2.75) is 32.2 Å². The summed E-state index contributed by atoms with van der Waals surface area (Å²) < 4.78 is 5.10. The van der Waals surface area contributed by atoms with Crippen LogP contribution < -0.4 is 15.4 Å². The molecule has 112 valence electrons. The molecule has 1 rings (SSSR count). The minimum atomic E-state index is -0.180. The van der Waals surface area contributed by atoms with Gasteiger partial charge in [0.1, 0.15) is 5.75 Å². The number of hydrogen-bond donors (Lipinski definition) is 3. The van der Waals surface area contributed by atoms with Gasteiger partial charge in [-0.3, -0.25) is 0 Å². The lowest BCUT2D eigenvalue weighted by molar-refractivity contribution is 0.231. The van der Waals surface area contributed by atoms with Crippen molar-refractivity contribution in [3.63, 3.8) is 0 Å². The maximum Gasteiger partial charge on any atom is 0.314 e. The van der Waals surface area contributed by atoms with Gasteiger partial charge < -0.3 is 20.5 Å². The Morgan fingerprint density at radius 3 is 2.65 bits per heavy atom. The number of amides is 2. The smallest absolute Gasteiger partial charge is 0.314 e. The minimum Gasteiger partial charge on any atom is -0.497 e. The third kappa shape index (κ3) is 6.43. The van der Waals surface area contributed by atoms with E-state index in [0.717, 1.165) is 18.6 Å². The van der Waals surface area contributed by atoms with Crippen molar-refractivity contribution in [1.82, 2.24) is 10.6 Å². The normalized spacial score (nSPS) is 11.8. The van der Waals surface area contributed by atoms with Gasteiger partial charge in [-0.15, -0.1) is 0 Å². The lowest BCUT2D eigenvalue weighted by Gasteiger charge is -2.13. The molecule has 0 aliphatic rings. The van der Waals surface area contributed by atoms with Crippen LogP contribution in [0.4, 0.5) is 4.79 Å². The number of ether oxygens (including phenoxy) is 1. The summed E-state index contributed by atoms with van der Waals surface area (Å²) in [5.74, 6) is 0.851. The van der Waals surface area contributed by atoms with E-state index < -0.39 is 0 Å². The van der Waals surface area contributed by atoms with Gasteiger partial charge in [-0.25, -0.2) is 4.79 Å². The van der Waals surface area contributed by atoms with Crippen molar-refractivity contribution < 1.29 is 14.6 Å². The van der Waals surface area contributed by atoms with E-state index in [1.807, 2.05) is 31.2 Å². The maximum atomic E-state index is 11.5. The number of methoxy groups -OCH3 is 1. The Kier molecular flexibility index (Phi) is 7.50. The number of urea groups is 1. The number of hydrogen-bond acceptors (Lipinski definition) is 3. The first kappa shape index (κ1) is 16.3. The summed E-state index contributed by atoms with van der Waals surface area (Å²) in [6.45, 7) is 2.58. The molecule has 3 N–H and O–H groups in total. The molecule has 0 radical (unpaired) electrons. The van der Waals surface area contributed by atoms with Gasteiger partial charge >= 0.3 is 6.03 Å². The summed E-state index contributed by atoms with van der Waals surface area (Å²) in [4.78, 5) is 11.5. The van der Waals surface area contributed by atoms with Crippen molar-refractivity contribution in [3.05, 3.63) is 29.8 Å². The van der Waals surface area contributed by atoms with E-state index in [2.05, 4.69) is 10.6 Å². The van der Waals surface area contributed by atoms with Crippen molar-refractivity contribution in [1.29, 1.82) is 0 Å². The standard InChI is InChI=1S/C15H24N2O3/c1-12(9-11-18)17-15(19)16-10-3-4-13-5-7-14(20-2)8-6-13/h5-8,12,18H,3-4,9-11H2,1-2H3,(H2,16,17,19)/t12-/m1/s1. The van der Waals surface area contributed by atoms with Crippen LogP contribution in [0.15, 0.2) is 24.3 Å². The average Bonchev–Trinajstić information content (AvgIpc) is 2.44. The predicted molar refractivity (Wildman–Crippen MR) is 79.0 cm³/mol. The topological polar surface area (TPSA) is 70.6 Å². The van der Waals surface area contributed by atoms with E-state index in [4.69, 9.17) is 9.84 Å². The molecule has 0 spiro atoms. The molecule has 0 bridgehead atoms. The number of carbonyl (C=O) groups is 1. The summed E-state index contributed by atoms with van der Waals surface area (Å²) in [6, 6.07) is 7.74. The SMILES string of the molecule is COc1ccc(CCCNC(=O)N[C@H](C)CCO)cc1. The number of aliphatic hydroxyl groups is 1. The van der Waals surface area contributed by atoms with E-state index in [0.29, 0.717) is 13.0 Å². The van der Waals surface area contributed by atoms with Gasteiger partial charge in [-0.05, 0) is 43.9 Å². The van der Waals surface area contributed by atoms with E-state index in [1.54, 1.807) is 7.11 Å². The van der Waals surface area contributed by atoms with E-state index in [9.17, 15) is 4.79 Å². The van der Waals surface area contributed by atoms with Crippen LogP contribution in [0, 0.1) is 0 Å². The molecule has 1 atom stereocenters. The van der Waals surface area contributed by atoms with Gasteiger partial charge in [-0.2, -0.15) is 0 Å². The summed E-state index contributed by atoms with van der Waals surface area (Å²) in [5, 5.41) is 14.3. The van der Waals surface area contributed by atoms with Crippen LogP contribution >= 0.6 is 0 Å². The molecule has 1 aromatic carbocycles. The number of rotatable bonds is 8. The summed E-state index contributed by atoms with van der Waals surface area (Å²) >= 11 is 0. The lowest BCUT2D eigenvalue weighted by atomic mass is 10.1. The molecule has 0 fully saturated rings. The van der Waals surface area contributed by atoms with E-state index >= 15 is 0 Å². The van der Waals surface area contributed by atoms with Crippen LogP contribution in [0.5, 0.6) is 5.75 Å². The summed E-state index contributed by atoms with van der Waals surface area (Å²) in [5.41, 5.74) is 1.22. The van der Waals surface area contributed by atoms with Crippen molar-refractivity contribution >= 4 is 6.03 Å². The number of aryl methyl sites for hydroxylation is 1. The first-order chi connectivity index (χ1) is 9.65. The Balaban J connectivity index is 2.16. The van der Waals surface area contributed by atoms with Crippen molar-refractivity contribution in [2.24, 2.45) is 0 Å². The fourth-order valence-corrected chi connectivity index (χ4v) is 1.83. The number of aliphatic hydroxyl groups excluding tert-OH is 1. The Hall–Kier alpha value is -1.75. The zero-order valence-corrected chi connectivity index (χ0v) is 12.2. The molecule has 0 unspecified atom stereocenters. The molecular formula is C15H24N2O3. The maximum absolute atomic E-state index is 11.5. The summed E-state index contributed by atoms with van der Waals surface area (Å²) in [7, 11) is 1.65. The highest BCUT2D eigenvalue weighted by Gasteiger charge is 2.05. The number of nitrogens with one attached hydrogen (secondary N) is 2. The molecule has 0 saturated carbocycles. The second-order valence-electron chi connectivity index (χ2n) is 4.77. The first-order valence-corrected chi connectivity index (χ1v) is 6.94. The third-order valence-electron chi connectivity index (χ3n) is 3.03. The fourth-order valence-electron chi connectivity index (χ4n) is 1.83. The van der Waals surface area contributed by atoms with Gasteiger partial charge in [0.05, 0.1) is 7.11 Å². The zero-order chi connectivity index (χ0) is 14.8. The molecule has 20 heavy (non-hydrogen) atoms. The lowest BCUT2D eigenvalue weighted by Crippen LogP contribution is -2.41. The Morgan fingerprint density at radius 1 is 1.35 bits per heavy atom. The molecule has 0 aliphatic heterocycles. The molecular weight excluding hydrogens is 256 g/mol. The predicted octanol–water partition coefficient (Wildman–Crippen LogP) is 1.70. The van der Waals surface area contributed by atoms with Crippen LogP contribution in [0.25, 0.3) is 0 Å². The largest absolute Gasteiger partial charge is 0.497 e. The first-order valence-electron chi connectivity index (χ1n) is 6.94.